The maximum atomic E-state index is 11.7. The van der Waals surface area contributed by atoms with E-state index in [1.165, 1.54) is 7.05 Å². The molecule has 0 aliphatic carbocycles. The highest BCUT2D eigenvalue weighted by atomic mass is 16.4. The number of carboxylic acid groups (broad SMARTS) is 1. The number of likely N-dealkylation sites (N-methyl/N-ethyl adjacent to an activating group) is 1. The summed E-state index contributed by atoms with van der Waals surface area (Å²) < 4.78 is 0. The van der Waals surface area contributed by atoms with Gasteiger partial charge in [-0.2, -0.15) is 0 Å². The van der Waals surface area contributed by atoms with Crippen molar-refractivity contribution in [3.05, 3.63) is 0 Å². The van der Waals surface area contributed by atoms with Crippen molar-refractivity contribution in [2.24, 2.45) is 5.92 Å². The third kappa shape index (κ3) is 6.64. The molecule has 0 radical (unpaired) electrons. The van der Waals surface area contributed by atoms with Gasteiger partial charge in [0.05, 0.1) is 0 Å². The van der Waals surface area contributed by atoms with Gasteiger partial charge in [0, 0.05) is 13.6 Å². The largest absolute Gasteiger partial charge is 0.480 e. The number of carbonyl (C=O) groups excluding carboxylic acids is 2. The first-order valence-electron chi connectivity index (χ1n) is 6.30. The summed E-state index contributed by atoms with van der Waals surface area (Å²) in [6, 6.07) is -1.54. The molecule has 7 nitrogen and oxygen atoms in total. The lowest BCUT2D eigenvalue weighted by Gasteiger charge is -2.22. The molecular weight excluding hydrogens is 250 g/mol. The Morgan fingerprint density at radius 1 is 1.26 bits per heavy atom. The highest BCUT2D eigenvalue weighted by Gasteiger charge is 2.25. The van der Waals surface area contributed by atoms with Gasteiger partial charge in [-0.05, 0) is 12.3 Å². The van der Waals surface area contributed by atoms with E-state index in [-0.39, 0.29) is 18.4 Å². The van der Waals surface area contributed by atoms with Crippen LogP contribution >= 0.6 is 0 Å². The van der Waals surface area contributed by atoms with Gasteiger partial charge in [-0.25, -0.2) is 9.59 Å². The van der Waals surface area contributed by atoms with Crippen molar-refractivity contribution in [3.63, 3.8) is 0 Å². The summed E-state index contributed by atoms with van der Waals surface area (Å²) in [5, 5.41) is 14.0. The van der Waals surface area contributed by atoms with Crippen molar-refractivity contribution in [3.8, 4) is 0 Å². The van der Waals surface area contributed by atoms with Crippen LogP contribution in [0, 0.1) is 5.92 Å². The summed E-state index contributed by atoms with van der Waals surface area (Å²) >= 11 is 0. The zero-order chi connectivity index (χ0) is 15.0. The monoisotopic (exact) mass is 273 g/mol. The van der Waals surface area contributed by atoms with Crippen LogP contribution in [-0.2, 0) is 9.59 Å². The molecule has 0 bridgehead atoms. The molecule has 0 aromatic rings. The molecule has 0 saturated heterocycles. The molecule has 0 rings (SSSR count). The van der Waals surface area contributed by atoms with Crippen LogP contribution in [0.1, 0.15) is 27.2 Å². The van der Waals surface area contributed by atoms with Crippen LogP contribution in [0.15, 0.2) is 0 Å². The molecule has 0 spiro atoms. The minimum atomic E-state index is -1.09. The van der Waals surface area contributed by atoms with E-state index in [9.17, 15) is 14.4 Å². The summed E-state index contributed by atoms with van der Waals surface area (Å²) in [5.74, 6) is -1.59. The quantitative estimate of drug-likeness (QED) is 0.619. The summed E-state index contributed by atoms with van der Waals surface area (Å²) in [4.78, 5) is 35.3. The number of amides is 3. The van der Waals surface area contributed by atoms with Crippen LogP contribution < -0.4 is 10.6 Å². The standard InChI is InChI=1S/C12H23N3O4/c1-5-6-13-9(16)7-15(4)12(19)14-10(8(2)3)11(17)18/h8,10H,5-7H2,1-4H3,(H,13,16)(H,14,19)(H,17,18). The highest BCUT2D eigenvalue weighted by Crippen LogP contribution is 2.02. The second kappa shape index (κ2) is 8.34. The first kappa shape index (κ1) is 17.2. The van der Waals surface area contributed by atoms with E-state index in [1.54, 1.807) is 13.8 Å². The molecule has 3 amide bonds. The number of carbonyl (C=O) groups is 3. The third-order valence-corrected chi connectivity index (χ3v) is 2.51. The smallest absolute Gasteiger partial charge is 0.326 e. The maximum Gasteiger partial charge on any atom is 0.326 e. The van der Waals surface area contributed by atoms with E-state index in [0.717, 1.165) is 11.3 Å². The van der Waals surface area contributed by atoms with E-state index in [0.29, 0.717) is 6.54 Å². The van der Waals surface area contributed by atoms with E-state index in [2.05, 4.69) is 10.6 Å². The third-order valence-electron chi connectivity index (χ3n) is 2.51. The first-order chi connectivity index (χ1) is 8.79. The van der Waals surface area contributed by atoms with Crippen LogP contribution in [-0.4, -0.2) is 54.1 Å². The number of hydrogen-bond donors (Lipinski definition) is 3. The van der Waals surface area contributed by atoms with E-state index in [4.69, 9.17) is 5.11 Å². The van der Waals surface area contributed by atoms with Crippen LogP contribution in [0.4, 0.5) is 4.79 Å². The molecule has 3 N–H and O–H groups in total. The number of rotatable bonds is 7. The fourth-order valence-corrected chi connectivity index (χ4v) is 1.36. The molecule has 110 valence electrons. The van der Waals surface area contributed by atoms with Crippen molar-refractivity contribution >= 4 is 17.9 Å². The molecule has 0 saturated carbocycles. The van der Waals surface area contributed by atoms with Crippen molar-refractivity contribution < 1.29 is 19.5 Å². The number of nitrogens with zero attached hydrogens (tertiary/aromatic N) is 1. The van der Waals surface area contributed by atoms with E-state index >= 15 is 0 Å². The predicted octanol–water partition coefficient (Wildman–Crippen LogP) is 0.263. The number of aliphatic carboxylic acids is 1. The van der Waals surface area contributed by atoms with Crippen LogP contribution in [0.5, 0.6) is 0 Å². The summed E-state index contributed by atoms with van der Waals surface area (Å²) in [6.07, 6.45) is 0.816. The van der Waals surface area contributed by atoms with Gasteiger partial charge in [-0.1, -0.05) is 20.8 Å². The summed E-state index contributed by atoms with van der Waals surface area (Å²) in [5.41, 5.74) is 0. The summed E-state index contributed by atoms with van der Waals surface area (Å²) in [6.45, 7) is 5.78. The molecule has 0 aromatic carbocycles. The average molecular weight is 273 g/mol. The lowest BCUT2D eigenvalue weighted by atomic mass is 10.1. The Kier molecular flexibility index (Phi) is 7.55. The number of carboxylic acids is 1. The Morgan fingerprint density at radius 3 is 2.26 bits per heavy atom. The zero-order valence-electron chi connectivity index (χ0n) is 11.9. The van der Waals surface area contributed by atoms with Crippen LogP contribution in [0.2, 0.25) is 0 Å². The Balaban J connectivity index is 4.33. The van der Waals surface area contributed by atoms with Crippen molar-refractivity contribution in [2.45, 2.75) is 33.2 Å². The topological polar surface area (TPSA) is 98.7 Å². The molecule has 0 heterocycles. The average Bonchev–Trinajstić information content (AvgIpc) is 2.31. The van der Waals surface area contributed by atoms with Crippen LogP contribution in [0.3, 0.4) is 0 Å². The molecule has 0 aliphatic rings. The molecule has 19 heavy (non-hydrogen) atoms. The maximum absolute atomic E-state index is 11.7. The van der Waals surface area contributed by atoms with Gasteiger partial charge >= 0.3 is 12.0 Å². The fraction of sp³-hybridized carbons (Fsp3) is 0.750. The Labute approximate surface area is 113 Å². The lowest BCUT2D eigenvalue weighted by Crippen LogP contribution is -2.51. The van der Waals surface area contributed by atoms with Crippen molar-refractivity contribution in [1.82, 2.24) is 15.5 Å². The van der Waals surface area contributed by atoms with Crippen molar-refractivity contribution in [1.29, 1.82) is 0 Å². The number of nitrogens with one attached hydrogen (secondary N) is 2. The minimum absolute atomic E-state index is 0.101. The van der Waals surface area contributed by atoms with Gasteiger partial charge in [-0.3, -0.25) is 4.79 Å². The number of urea groups is 1. The predicted molar refractivity (Wildman–Crippen MR) is 70.7 cm³/mol. The minimum Gasteiger partial charge on any atom is -0.480 e. The zero-order valence-corrected chi connectivity index (χ0v) is 11.9. The molecule has 0 aliphatic heterocycles. The van der Waals surface area contributed by atoms with Gasteiger partial charge < -0.3 is 20.6 Å². The van der Waals surface area contributed by atoms with Gasteiger partial charge in [-0.15, -0.1) is 0 Å². The van der Waals surface area contributed by atoms with Gasteiger partial charge in [0.15, 0.2) is 0 Å². The molecule has 1 atom stereocenters. The van der Waals surface area contributed by atoms with E-state index < -0.39 is 18.0 Å². The molecular formula is C12H23N3O4. The normalized spacial score (nSPS) is 11.8. The highest BCUT2D eigenvalue weighted by molar-refractivity contribution is 5.86. The van der Waals surface area contributed by atoms with Crippen LogP contribution in [0.25, 0.3) is 0 Å². The van der Waals surface area contributed by atoms with Gasteiger partial charge in [0.2, 0.25) is 5.91 Å². The second-order valence-electron chi connectivity index (χ2n) is 4.72. The van der Waals surface area contributed by atoms with Gasteiger partial charge in [0.1, 0.15) is 12.6 Å². The van der Waals surface area contributed by atoms with E-state index in [1.807, 2.05) is 6.92 Å². The van der Waals surface area contributed by atoms with Gasteiger partial charge in [0.25, 0.3) is 0 Å². The fourth-order valence-electron chi connectivity index (χ4n) is 1.36. The SMILES string of the molecule is CCCNC(=O)CN(C)C(=O)NC(C(=O)O)C(C)C. The second-order valence-corrected chi connectivity index (χ2v) is 4.72. The molecule has 1 unspecified atom stereocenters. The molecule has 0 aromatic heterocycles. The Hall–Kier alpha value is -1.79. The lowest BCUT2D eigenvalue weighted by molar-refractivity contribution is -0.140. The number of hydrogen-bond acceptors (Lipinski definition) is 3. The molecule has 7 heteroatoms. The summed E-state index contributed by atoms with van der Waals surface area (Å²) in [7, 11) is 1.44. The Morgan fingerprint density at radius 2 is 1.84 bits per heavy atom. The first-order valence-corrected chi connectivity index (χ1v) is 6.30. The molecule has 0 fully saturated rings. The Bertz CT molecular complexity index is 331. The van der Waals surface area contributed by atoms with Crippen molar-refractivity contribution in [2.75, 3.05) is 20.1 Å².